The SMILES string of the molecule is Cc1cccc(C)c1NC(=O)[C@H](C)OC(=O)CN1C(=O)[C@H]2CC=CC[C@@H]2C1=O. The lowest BCUT2D eigenvalue weighted by atomic mass is 9.85. The van der Waals surface area contributed by atoms with Crippen LogP contribution in [0.4, 0.5) is 5.69 Å². The van der Waals surface area contributed by atoms with E-state index in [2.05, 4.69) is 5.32 Å². The van der Waals surface area contributed by atoms with Crippen LogP contribution in [0.2, 0.25) is 0 Å². The van der Waals surface area contributed by atoms with Crippen LogP contribution in [-0.2, 0) is 23.9 Å². The van der Waals surface area contributed by atoms with Crippen LogP contribution in [-0.4, -0.2) is 41.2 Å². The van der Waals surface area contributed by atoms with Crippen LogP contribution in [0.1, 0.15) is 30.9 Å². The van der Waals surface area contributed by atoms with E-state index in [1.165, 1.54) is 6.92 Å². The van der Waals surface area contributed by atoms with Crippen molar-refractivity contribution < 1.29 is 23.9 Å². The fourth-order valence-electron chi connectivity index (χ4n) is 3.68. The molecule has 0 saturated carbocycles. The summed E-state index contributed by atoms with van der Waals surface area (Å²) in [6, 6.07) is 5.64. The number of para-hydroxylation sites is 1. The molecule has 3 atom stereocenters. The van der Waals surface area contributed by atoms with Gasteiger partial charge < -0.3 is 10.1 Å². The number of nitrogens with zero attached hydrogens (tertiary/aromatic N) is 1. The first-order chi connectivity index (χ1) is 13.3. The van der Waals surface area contributed by atoms with E-state index in [0.29, 0.717) is 18.5 Å². The Morgan fingerprint density at radius 3 is 2.18 bits per heavy atom. The van der Waals surface area contributed by atoms with E-state index >= 15 is 0 Å². The van der Waals surface area contributed by atoms with Crippen molar-refractivity contribution in [1.29, 1.82) is 0 Å². The molecule has 3 rings (SSSR count). The number of hydrogen-bond acceptors (Lipinski definition) is 5. The van der Waals surface area contributed by atoms with Crippen molar-refractivity contribution in [1.82, 2.24) is 4.90 Å². The number of carbonyl (C=O) groups is 4. The van der Waals surface area contributed by atoms with Gasteiger partial charge in [0.1, 0.15) is 6.54 Å². The van der Waals surface area contributed by atoms with Gasteiger partial charge in [0.25, 0.3) is 5.91 Å². The number of imide groups is 1. The van der Waals surface area contributed by atoms with Gasteiger partial charge in [0, 0.05) is 5.69 Å². The number of fused-ring (bicyclic) bond motifs is 1. The third-order valence-electron chi connectivity index (χ3n) is 5.29. The van der Waals surface area contributed by atoms with Crippen LogP contribution in [0, 0.1) is 25.7 Å². The molecular formula is C21H24N2O5. The average molecular weight is 384 g/mol. The van der Waals surface area contributed by atoms with Gasteiger partial charge in [-0.05, 0) is 44.7 Å². The van der Waals surface area contributed by atoms with Crippen molar-refractivity contribution in [2.24, 2.45) is 11.8 Å². The summed E-state index contributed by atoms with van der Waals surface area (Å²) in [5.41, 5.74) is 2.48. The molecule has 1 aromatic carbocycles. The smallest absolute Gasteiger partial charge is 0.326 e. The number of ether oxygens (including phenoxy) is 1. The molecule has 0 spiro atoms. The van der Waals surface area contributed by atoms with Crippen LogP contribution < -0.4 is 5.32 Å². The van der Waals surface area contributed by atoms with Gasteiger partial charge in [-0.2, -0.15) is 0 Å². The molecule has 0 unspecified atom stereocenters. The highest BCUT2D eigenvalue weighted by molar-refractivity contribution is 6.07. The highest BCUT2D eigenvalue weighted by Crippen LogP contribution is 2.34. The molecule has 148 valence electrons. The lowest BCUT2D eigenvalue weighted by Crippen LogP contribution is -2.39. The molecule has 1 fully saturated rings. The summed E-state index contributed by atoms with van der Waals surface area (Å²) in [6.07, 6.45) is 3.73. The molecule has 1 aromatic rings. The number of carbonyl (C=O) groups excluding carboxylic acids is 4. The number of hydrogen-bond donors (Lipinski definition) is 1. The Labute approximate surface area is 163 Å². The molecule has 1 aliphatic carbocycles. The summed E-state index contributed by atoms with van der Waals surface area (Å²) in [7, 11) is 0. The van der Waals surface area contributed by atoms with Gasteiger partial charge in [-0.3, -0.25) is 24.1 Å². The van der Waals surface area contributed by atoms with E-state index in [1.54, 1.807) is 0 Å². The van der Waals surface area contributed by atoms with Crippen molar-refractivity contribution in [3.63, 3.8) is 0 Å². The number of rotatable bonds is 5. The van der Waals surface area contributed by atoms with E-state index in [0.717, 1.165) is 16.0 Å². The summed E-state index contributed by atoms with van der Waals surface area (Å²) < 4.78 is 5.16. The number of benzene rings is 1. The lowest BCUT2D eigenvalue weighted by Gasteiger charge is -2.18. The molecule has 1 heterocycles. The topological polar surface area (TPSA) is 92.8 Å². The van der Waals surface area contributed by atoms with Crippen molar-refractivity contribution in [3.8, 4) is 0 Å². The molecule has 28 heavy (non-hydrogen) atoms. The summed E-state index contributed by atoms with van der Waals surface area (Å²) in [4.78, 5) is 50.4. The molecular weight excluding hydrogens is 360 g/mol. The number of aryl methyl sites for hydroxylation is 2. The number of amides is 3. The molecule has 0 aromatic heterocycles. The van der Waals surface area contributed by atoms with E-state index < -0.39 is 36.4 Å². The summed E-state index contributed by atoms with van der Waals surface area (Å²) in [5, 5.41) is 2.76. The number of likely N-dealkylation sites (tertiary alicyclic amines) is 1. The normalized spacial score (nSPS) is 22.0. The van der Waals surface area contributed by atoms with Crippen LogP contribution in [0.15, 0.2) is 30.4 Å². The summed E-state index contributed by atoms with van der Waals surface area (Å²) in [5.74, 6) is -2.72. The van der Waals surface area contributed by atoms with Gasteiger partial charge in [-0.25, -0.2) is 0 Å². The minimum absolute atomic E-state index is 0.344. The number of allylic oxidation sites excluding steroid dienone is 2. The van der Waals surface area contributed by atoms with Gasteiger partial charge in [-0.15, -0.1) is 0 Å². The number of esters is 1. The maximum Gasteiger partial charge on any atom is 0.326 e. The first-order valence-electron chi connectivity index (χ1n) is 9.36. The Morgan fingerprint density at radius 2 is 1.64 bits per heavy atom. The Bertz CT molecular complexity index is 814. The van der Waals surface area contributed by atoms with Crippen molar-refractivity contribution in [2.45, 2.75) is 39.7 Å². The highest BCUT2D eigenvalue weighted by atomic mass is 16.5. The highest BCUT2D eigenvalue weighted by Gasteiger charge is 2.47. The van der Waals surface area contributed by atoms with Crippen LogP contribution in [0.25, 0.3) is 0 Å². The molecule has 3 amide bonds. The second-order valence-electron chi connectivity index (χ2n) is 7.31. The zero-order valence-corrected chi connectivity index (χ0v) is 16.2. The third-order valence-corrected chi connectivity index (χ3v) is 5.29. The first kappa shape index (κ1) is 19.8. The van der Waals surface area contributed by atoms with Crippen LogP contribution >= 0.6 is 0 Å². The fraction of sp³-hybridized carbons (Fsp3) is 0.429. The zero-order valence-electron chi connectivity index (χ0n) is 16.2. The predicted molar refractivity (Wildman–Crippen MR) is 102 cm³/mol. The van der Waals surface area contributed by atoms with Gasteiger partial charge in [0.15, 0.2) is 6.10 Å². The van der Waals surface area contributed by atoms with Crippen LogP contribution in [0.3, 0.4) is 0 Å². The van der Waals surface area contributed by atoms with E-state index in [4.69, 9.17) is 4.74 Å². The molecule has 1 saturated heterocycles. The molecule has 0 bridgehead atoms. The third kappa shape index (κ3) is 3.83. The standard InChI is InChI=1S/C21H24N2O5/c1-12-7-6-8-13(2)18(12)22-19(25)14(3)28-17(24)11-23-20(26)15-9-4-5-10-16(15)21(23)27/h4-8,14-16H,9-11H2,1-3H3,(H,22,25)/t14-,15-,16-/m0/s1. The van der Waals surface area contributed by atoms with E-state index in [9.17, 15) is 19.2 Å². The Balaban J connectivity index is 1.58. The van der Waals surface area contributed by atoms with E-state index in [-0.39, 0.29) is 11.8 Å². The molecule has 0 radical (unpaired) electrons. The zero-order chi connectivity index (χ0) is 20.4. The van der Waals surface area contributed by atoms with E-state index in [1.807, 2.05) is 44.2 Å². The molecule has 7 heteroatoms. The fourth-order valence-corrected chi connectivity index (χ4v) is 3.68. The monoisotopic (exact) mass is 384 g/mol. The minimum Gasteiger partial charge on any atom is -0.451 e. The number of anilines is 1. The second kappa shape index (κ2) is 7.96. The van der Waals surface area contributed by atoms with Gasteiger partial charge >= 0.3 is 5.97 Å². The molecule has 7 nitrogen and oxygen atoms in total. The quantitative estimate of drug-likeness (QED) is 0.477. The largest absolute Gasteiger partial charge is 0.451 e. The van der Waals surface area contributed by atoms with Gasteiger partial charge in [0.05, 0.1) is 11.8 Å². The Kier molecular flexibility index (Phi) is 5.63. The second-order valence-corrected chi connectivity index (χ2v) is 7.31. The maximum absolute atomic E-state index is 12.4. The lowest BCUT2D eigenvalue weighted by molar-refractivity contribution is -0.158. The maximum atomic E-state index is 12.4. The summed E-state index contributed by atoms with van der Waals surface area (Å²) in [6.45, 7) is 4.74. The predicted octanol–water partition coefficient (Wildman–Crippen LogP) is 2.12. The first-order valence-corrected chi connectivity index (χ1v) is 9.36. The van der Waals surface area contributed by atoms with Gasteiger partial charge in [-0.1, -0.05) is 30.4 Å². The summed E-state index contributed by atoms with van der Waals surface area (Å²) >= 11 is 0. The Morgan fingerprint density at radius 1 is 1.11 bits per heavy atom. The van der Waals surface area contributed by atoms with Crippen molar-refractivity contribution in [3.05, 3.63) is 41.5 Å². The van der Waals surface area contributed by atoms with Crippen molar-refractivity contribution >= 4 is 29.4 Å². The number of nitrogens with one attached hydrogen (secondary N) is 1. The average Bonchev–Trinajstić information content (AvgIpc) is 2.90. The van der Waals surface area contributed by atoms with Crippen molar-refractivity contribution in [2.75, 3.05) is 11.9 Å². The minimum atomic E-state index is -1.05. The molecule has 2 aliphatic rings. The Hall–Kier alpha value is -2.96. The van der Waals surface area contributed by atoms with Gasteiger partial charge in [0.2, 0.25) is 11.8 Å². The van der Waals surface area contributed by atoms with Crippen LogP contribution in [0.5, 0.6) is 0 Å². The molecule has 1 aliphatic heterocycles. The molecule has 1 N–H and O–H groups in total.